The van der Waals surface area contributed by atoms with Crippen LogP contribution in [0.25, 0.3) is 0 Å². The van der Waals surface area contributed by atoms with Crippen molar-refractivity contribution in [1.29, 1.82) is 0 Å². The van der Waals surface area contributed by atoms with E-state index in [1.54, 1.807) is 0 Å². The first-order chi connectivity index (χ1) is 10.2. The Balaban J connectivity index is 2.09. The van der Waals surface area contributed by atoms with E-state index >= 15 is 0 Å². The maximum absolute atomic E-state index is 9.18. The van der Waals surface area contributed by atoms with Crippen LogP contribution in [0.5, 0.6) is 0 Å². The van der Waals surface area contributed by atoms with Gasteiger partial charge in [0.05, 0.1) is 0 Å². The summed E-state index contributed by atoms with van der Waals surface area (Å²) in [4.78, 5) is 2.52. The Hall–Kier alpha value is -1.06. The summed E-state index contributed by atoms with van der Waals surface area (Å²) in [5.41, 5.74) is 4.12. The number of hydrogen-bond acceptors (Lipinski definition) is 3. The molecule has 0 bridgehead atoms. The number of piperidine rings is 1. The summed E-state index contributed by atoms with van der Waals surface area (Å²) < 4.78 is 0. The molecule has 2 rings (SSSR count). The first-order valence-corrected chi connectivity index (χ1v) is 8.40. The van der Waals surface area contributed by atoms with Gasteiger partial charge in [-0.05, 0) is 56.7 Å². The summed E-state index contributed by atoms with van der Waals surface area (Å²) in [5.74, 6) is 0.640. The van der Waals surface area contributed by atoms with Gasteiger partial charge in [-0.15, -0.1) is 0 Å². The molecule has 0 aliphatic carbocycles. The molecule has 0 saturated carbocycles. The molecule has 1 fully saturated rings. The van der Waals surface area contributed by atoms with E-state index in [0.29, 0.717) is 12.5 Å². The Morgan fingerprint density at radius 3 is 3.00 bits per heavy atom. The minimum Gasteiger partial charge on any atom is -0.396 e. The van der Waals surface area contributed by atoms with Crippen LogP contribution in [0.4, 0.5) is 5.69 Å². The van der Waals surface area contributed by atoms with E-state index in [2.05, 4.69) is 42.3 Å². The van der Waals surface area contributed by atoms with Gasteiger partial charge in [-0.2, -0.15) is 0 Å². The third kappa shape index (κ3) is 4.72. The zero-order valence-corrected chi connectivity index (χ0v) is 13.6. The molecule has 3 heteroatoms. The van der Waals surface area contributed by atoms with E-state index in [4.69, 9.17) is 0 Å². The van der Waals surface area contributed by atoms with E-state index in [1.165, 1.54) is 36.1 Å². The van der Waals surface area contributed by atoms with Crippen molar-refractivity contribution in [2.75, 3.05) is 31.1 Å². The Morgan fingerprint density at radius 2 is 2.24 bits per heavy atom. The van der Waals surface area contributed by atoms with Gasteiger partial charge in [-0.1, -0.05) is 24.6 Å². The minimum absolute atomic E-state index is 0.317. The number of anilines is 1. The molecular formula is C18H30N2O. The van der Waals surface area contributed by atoms with Crippen molar-refractivity contribution in [3.05, 3.63) is 29.3 Å². The van der Waals surface area contributed by atoms with Crippen LogP contribution in [0.15, 0.2) is 18.2 Å². The average molecular weight is 290 g/mol. The van der Waals surface area contributed by atoms with Crippen LogP contribution < -0.4 is 10.2 Å². The van der Waals surface area contributed by atoms with Crippen LogP contribution in [-0.4, -0.2) is 31.3 Å². The Morgan fingerprint density at radius 1 is 1.38 bits per heavy atom. The third-order valence-corrected chi connectivity index (χ3v) is 4.37. The first kappa shape index (κ1) is 16.3. The number of hydrogen-bond donors (Lipinski definition) is 2. The van der Waals surface area contributed by atoms with E-state index < -0.39 is 0 Å². The summed E-state index contributed by atoms with van der Waals surface area (Å²) >= 11 is 0. The van der Waals surface area contributed by atoms with Gasteiger partial charge in [0.1, 0.15) is 0 Å². The Labute approximate surface area is 129 Å². The molecule has 1 aromatic carbocycles. The summed E-state index contributed by atoms with van der Waals surface area (Å²) in [5, 5.41) is 12.7. The molecule has 3 nitrogen and oxygen atoms in total. The highest BCUT2D eigenvalue weighted by Crippen LogP contribution is 2.28. The lowest BCUT2D eigenvalue weighted by Gasteiger charge is -2.35. The summed E-state index contributed by atoms with van der Waals surface area (Å²) in [6.07, 6.45) is 4.60. The average Bonchev–Trinajstić information content (AvgIpc) is 2.48. The van der Waals surface area contributed by atoms with Gasteiger partial charge in [0, 0.05) is 31.9 Å². The van der Waals surface area contributed by atoms with E-state index in [0.717, 1.165) is 32.6 Å². The van der Waals surface area contributed by atoms with Gasteiger partial charge < -0.3 is 15.3 Å². The van der Waals surface area contributed by atoms with Gasteiger partial charge in [0.2, 0.25) is 0 Å². The molecular weight excluding hydrogens is 260 g/mol. The van der Waals surface area contributed by atoms with Gasteiger partial charge in [0.15, 0.2) is 0 Å². The molecule has 118 valence electrons. The molecule has 0 radical (unpaired) electrons. The predicted molar refractivity (Wildman–Crippen MR) is 89.8 cm³/mol. The van der Waals surface area contributed by atoms with E-state index in [-0.39, 0.29) is 0 Å². The predicted octanol–water partition coefficient (Wildman–Crippen LogP) is 3.09. The van der Waals surface area contributed by atoms with Crippen LogP contribution in [0.2, 0.25) is 0 Å². The number of rotatable bonds is 7. The number of nitrogens with one attached hydrogen (secondary N) is 1. The van der Waals surface area contributed by atoms with Gasteiger partial charge in [-0.3, -0.25) is 0 Å². The van der Waals surface area contributed by atoms with Crippen LogP contribution in [-0.2, 0) is 6.54 Å². The molecule has 0 aromatic heterocycles. The fourth-order valence-corrected chi connectivity index (χ4v) is 3.27. The molecule has 1 heterocycles. The summed E-state index contributed by atoms with van der Waals surface area (Å²) in [6, 6.07) is 6.81. The van der Waals surface area contributed by atoms with Crippen LogP contribution in [0, 0.1) is 12.8 Å². The molecule has 1 aliphatic rings. The van der Waals surface area contributed by atoms with Gasteiger partial charge in [0.25, 0.3) is 0 Å². The van der Waals surface area contributed by atoms with Crippen molar-refractivity contribution in [1.82, 2.24) is 5.32 Å². The third-order valence-electron chi connectivity index (χ3n) is 4.37. The largest absolute Gasteiger partial charge is 0.396 e. The van der Waals surface area contributed by atoms with Gasteiger partial charge in [-0.25, -0.2) is 0 Å². The normalized spacial score (nSPS) is 19.0. The Bertz CT molecular complexity index is 431. The maximum Gasteiger partial charge on any atom is 0.0434 e. The highest BCUT2D eigenvalue weighted by Gasteiger charge is 2.21. The second-order valence-corrected chi connectivity index (χ2v) is 6.28. The smallest absolute Gasteiger partial charge is 0.0434 e. The zero-order chi connectivity index (χ0) is 15.1. The van der Waals surface area contributed by atoms with Crippen molar-refractivity contribution in [2.45, 2.75) is 46.1 Å². The number of aryl methyl sites for hydroxylation is 1. The molecule has 21 heavy (non-hydrogen) atoms. The lowest BCUT2D eigenvalue weighted by Crippen LogP contribution is -2.36. The molecule has 0 amide bonds. The fourth-order valence-electron chi connectivity index (χ4n) is 3.27. The molecule has 1 unspecified atom stereocenters. The molecule has 1 aliphatic heterocycles. The lowest BCUT2D eigenvalue weighted by molar-refractivity contribution is 0.244. The maximum atomic E-state index is 9.18. The van der Waals surface area contributed by atoms with Crippen molar-refractivity contribution in [2.24, 2.45) is 5.92 Å². The quantitative estimate of drug-likeness (QED) is 0.758. The first-order valence-electron chi connectivity index (χ1n) is 8.40. The van der Waals surface area contributed by atoms with Crippen molar-refractivity contribution in [3.8, 4) is 0 Å². The molecule has 1 atom stereocenters. The molecule has 1 saturated heterocycles. The number of nitrogens with zero attached hydrogens (tertiary/aromatic N) is 1. The Kier molecular flexibility index (Phi) is 6.52. The van der Waals surface area contributed by atoms with E-state index in [9.17, 15) is 5.11 Å². The lowest BCUT2D eigenvalue weighted by atomic mass is 9.94. The van der Waals surface area contributed by atoms with Crippen LogP contribution in [0.1, 0.15) is 43.7 Å². The van der Waals surface area contributed by atoms with E-state index in [1.807, 2.05) is 0 Å². The topological polar surface area (TPSA) is 35.5 Å². The van der Waals surface area contributed by atoms with Gasteiger partial charge >= 0.3 is 0 Å². The number of aliphatic hydroxyl groups is 1. The SMILES string of the molecule is CCCNCc1cc(C)ccc1N1CCCC(CCO)C1. The summed E-state index contributed by atoms with van der Waals surface area (Å²) in [7, 11) is 0. The highest BCUT2D eigenvalue weighted by molar-refractivity contribution is 5.55. The van der Waals surface area contributed by atoms with Crippen molar-refractivity contribution < 1.29 is 5.11 Å². The van der Waals surface area contributed by atoms with Crippen LogP contribution in [0.3, 0.4) is 0 Å². The molecule has 1 aromatic rings. The summed E-state index contributed by atoms with van der Waals surface area (Å²) in [6.45, 7) is 8.94. The minimum atomic E-state index is 0.317. The van der Waals surface area contributed by atoms with Crippen molar-refractivity contribution >= 4 is 5.69 Å². The fraction of sp³-hybridized carbons (Fsp3) is 0.667. The van der Waals surface area contributed by atoms with Crippen LogP contribution >= 0.6 is 0 Å². The molecule has 0 spiro atoms. The molecule has 2 N–H and O–H groups in total. The monoisotopic (exact) mass is 290 g/mol. The second kappa shape index (κ2) is 8.40. The second-order valence-electron chi connectivity index (χ2n) is 6.28. The zero-order valence-electron chi connectivity index (χ0n) is 13.6. The highest BCUT2D eigenvalue weighted by atomic mass is 16.3. The standard InChI is InChI=1S/C18H30N2O/c1-3-9-19-13-17-12-15(2)6-7-18(17)20-10-4-5-16(14-20)8-11-21/h6-7,12,16,19,21H,3-5,8-11,13-14H2,1-2H3. The number of aliphatic hydroxyl groups excluding tert-OH is 1. The number of benzene rings is 1. The van der Waals surface area contributed by atoms with Crippen molar-refractivity contribution in [3.63, 3.8) is 0 Å².